The van der Waals surface area contributed by atoms with Crippen LogP contribution in [0.3, 0.4) is 0 Å². The normalized spacial score (nSPS) is 17.5. The van der Waals surface area contributed by atoms with Crippen LogP contribution in [0.25, 0.3) is 0 Å². The summed E-state index contributed by atoms with van der Waals surface area (Å²) in [5, 5.41) is 11.8. The number of nitrogens with one attached hydrogen (secondary N) is 1. The number of thioether (sulfide) groups is 1. The van der Waals surface area contributed by atoms with Gasteiger partial charge in [-0.25, -0.2) is 0 Å². The number of nitrogens with zero attached hydrogens (tertiary/aromatic N) is 3. The molecule has 1 heterocycles. The number of rotatable bonds is 6. The molecule has 1 saturated carbocycles. The monoisotopic (exact) mass is 328 g/mol. The maximum absolute atomic E-state index is 12.7. The molecule has 1 fully saturated rings. The van der Waals surface area contributed by atoms with Crippen molar-refractivity contribution in [3.05, 3.63) is 0 Å². The molecule has 1 amide bonds. The number of anilines is 1. The van der Waals surface area contributed by atoms with Gasteiger partial charge >= 0.3 is 0 Å². The highest BCUT2D eigenvalue weighted by molar-refractivity contribution is 8.02. The Balaban J connectivity index is 1.95. The van der Waals surface area contributed by atoms with Crippen LogP contribution >= 0.6 is 23.1 Å². The first-order chi connectivity index (χ1) is 10.2. The van der Waals surface area contributed by atoms with Crippen LogP contribution in [0.15, 0.2) is 4.34 Å². The zero-order valence-electron chi connectivity index (χ0n) is 13.0. The van der Waals surface area contributed by atoms with E-state index in [2.05, 4.69) is 27.3 Å². The van der Waals surface area contributed by atoms with Gasteiger partial charge in [-0.3, -0.25) is 4.79 Å². The molecule has 0 spiro atoms. The summed E-state index contributed by atoms with van der Waals surface area (Å²) in [6, 6.07) is 0.432. The summed E-state index contributed by atoms with van der Waals surface area (Å²) in [5.41, 5.74) is 0. The number of carbonyl (C=O) groups excluding carboxylic acids is 1. The van der Waals surface area contributed by atoms with Gasteiger partial charge in [0, 0.05) is 19.6 Å². The van der Waals surface area contributed by atoms with Gasteiger partial charge in [0.15, 0.2) is 4.34 Å². The Hall–Kier alpha value is -0.820. The predicted octanol–water partition coefficient (Wildman–Crippen LogP) is 3.24. The highest BCUT2D eigenvalue weighted by atomic mass is 32.2. The standard InChI is InChI=1S/C14H24N4OS2/c1-4-18(11-8-6-5-7-9-11)12(19)10(2)20-14-17-16-13(15-3)21-14/h10-11H,4-9H2,1-3H3,(H,15,16)/t10-/m1/s1. The van der Waals surface area contributed by atoms with Gasteiger partial charge in [0.2, 0.25) is 11.0 Å². The van der Waals surface area contributed by atoms with Crippen molar-refractivity contribution in [2.75, 3.05) is 18.9 Å². The Bertz CT molecular complexity index is 460. The van der Waals surface area contributed by atoms with E-state index in [0.29, 0.717) is 6.04 Å². The summed E-state index contributed by atoms with van der Waals surface area (Å²) in [6.07, 6.45) is 6.11. The van der Waals surface area contributed by atoms with Gasteiger partial charge in [-0.2, -0.15) is 0 Å². The lowest BCUT2D eigenvalue weighted by atomic mass is 9.94. The third-order valence-corrected chi connectivity index (χ3v) is 6.00. The fraction of sp³-hybridized carbons (Fsp3) is 0.786. The average molecular weight is 329 g/mol. The minimum Gasteiger partial charge on any atom is -0.363 e. The third kappa shape index (κ3) is 4.32. The molecule has 0 bridgehead atoms. The van der Waals surface area contributed by atoms with E-state index >= 15 is 0 Å². The van der Waals surface area contributed by atoms with E-state index in [1.165, 1.54) is 42.4 Å². The smallest absolute Gasteiger partial charge is 0.236 e. The van der Waals surface area contributed by atoms with Crippen molar-refractivity contribution in [3.8, 4) is 0 Å². The maximum atomic E-state index is 12.7. The molecule has 1 aliphatic carbocycles. The SMILES string of the molecule is CCN(C(=O)[C@@H](C)Sc1nnc(NC)s1)C1CCCCC1. The van der Waals surface area contributed by atoms with Crippen LogP contribution in [0.1, 0.15) is 46.0 Å². The van der Waals surface area contributed by atoms with E-state index in [1.54, 1.807) is 0 Å². The second-order valence-electron chi connectivity index (χ2n) is 5.30. The fourth-order valence-corrected chi connectivity index (χ4v) is 4.70. The number of hydrogen-bond donors (Lipinski definition) is 1. The number of amides is 1. The zero-order valence-corrected chi connectivity index (χ0v) is 14.6. The van der Waals surface area contributed by atoms with E-state index in [-0.39, 0.29) is 11.2 Å². The summed E-state index contributed by atoms with van der Waals surface area (Å²) in [4.78, 5) is 14.8. The molecule has 21 heavy (non-hydrogen) atoms. The molecule has 1 aromatic rings. The van der Waals surface area contributed by atoms with E-state index < -0.39 is 0 Å². The van der Waals surface area contributed by atoms with Crippen molar-refractivity contribution in [1.82, 2.24) is 15.1 Å². The third-order valence-electron chi connectivity index (χ3n) is 3.88. The summed E-state index contributed by atoms with van der Waals surface area (Å²) >= 11 is 3.00. The number of aromatic nitrogens is 2. The lowest BCUT2D eigenvalue weighted by molar-refractivity contribution is -0.133. The first kappa shape index (κ1) is 16.5. The first-order valence-electron chi connectivity index (χ1n) is 7.64. The van der Waals surface area contributed by atoms with Crippen molar-refractivity contribution in [2.24, 2.45) is 0 Å². The molecule has 7 heteroatoms. The number of hydrogen-bond acceptors (Lipinski definition) is 6. The Labute approximate surface area is 134 Å². The van der Waals surface area contributed by atoms with Crippen LogP contribution in [-0.4, -0.2) is 45.9 Å². The van der Waals surface area contributed by atoms with Gasteiger partial charge in [-0.15, -0.1) is 10.2 Å². The van der Waals surface area contributed by atoms with Crippen molar-refractivity contribution in [1.29, 1.82) is 0 Å². The van der Waals surface area contributed by atoms with E-state index in [4.69, 9.17) is 0 Å². The molecule has 0 unspecified atom stereocenters. The van der Waals surface area contributed by atoms with Crippen molar-refractivity contribution in [3.63, 3.8) is 0 Å². The average Bonchev–Trinajstić information content (AvgIpc) is 2.96. The topological polar surface area (TPSA) is 58.1 Å². The highest BCUT2D eigenvalue weighted by Gasteiger charge is 2.28. The first-order valence-corrected chi connectivity index (χ1v) is 9.33. The van der Waals surface area contributed by atoms with Gasteiger partial charge < -0.3 is 10.2 Å². The molecule has 0 saturated heterocycles. The van der Waals surface area contributed by atoms with E-state index in [0.717, 1.165) is 28.9 Å². The van der Waals surface area contributed by atoms with Crippen molar-refractivity contribution < 1.29 is 4.79 Å². The summed E-state index contributed by atoms with van der Waals surface area (Å²) in [5.74, 6) is 0.232. The lowest BCUT2D eigenvalue weighted by Crippen LogP contribution is -2.44. The summed E-state index contributed by atoms with van der Waals surface area (Å²) < 4.78 is 0.847. The van der Waals surface area contributed by atoms with Crippen LogP contribution in [-0.2, 0) is 4.79 Å². The van der Waals surface area contributed by atoms with Crippen LogP contribution in [0, 0.1) is 0 Å². The molecule has 5 nitrogen and oxygen atoms in total. The molecule has 0 aromatic carbocycles. The van der Waals surface area contributed by atoms with Crippen LogP contribution in [0.2, 0.25) is 0 Å². The summed E-state index contributed by atoms with van der Waals surface area (Å²) in [7, 11) is 1.82. The summed E-state index contributed by atoms with van der Waals surface area (Å²) in [6.45, 7) is 4.85. The van der Waals surface area contributed by atoms with Gasteiger partial charge in [0.05, 0.1) is 5.25 Å². The van der Waals surface area contributed by atoms with E-state index in [1.807, 2.05) is 14.0 Å². The van der Waals surface area contributed by atoms with Gasteiger partial charge in [-0.1, -0.05) is 42.4 Å². The van der Waals surface area contributed by atoms with Gasteiger partial charge in [0.1, 0.15) is 0 Å². The Kier molecular flexibility index (Phi) is 6.29. The minimum atomic E-state index is -0.107. The number of carbonyl (C=O) groups is 1. The second-order valence-corrected chi connectivity index (χ2v) is 7.86. The molecular formula is C14H24N4OS2. The highest BCUT2D eigenvalue weighted by Crippen LogP contribution is 2.31. The Morgan fingerprint density at radius 3 is 2.71 bits per heavy atom. The van der Waals surface area contributed by atoms with Gasteiger partial charge in [0.25, 0.3) is 0 Å². The molecule has 2 rings (SSSR count). The van der Waals surface area contributed by atoms with Crippen LogP contribution in [0.5, 0.6) is 0 Å². The minimum absolute atomic E-state index is 0.107. The van der Waals surface area contributed by atoms with Crippen molar-refractivity contribution >= 4 is 34.1 Å². The second kappa shape index (κ2) is 7.98. The lowest BCUT2D eigenvalue weighted by Gasteiger charge is -2.35. The Morgan fingerprint density at radius 2 is 2.14 bits per heavy atom. The molecule has 1 N–H and O–H groups in total. The van der Waals surface area contributed by atoms with Crippen molar-refractivity contribution in [2.45, 2.75) is 61.6 Å². The Morgan fingerprint density at radius 1 is 1.43 bits per heavy atom. The maximum Gasteiger partial charge on any atom is 0.236 e. The predicted molar refractivity (Wildman–Crippen MR) is 89.0 cm³/mol. The van der Waals surface area contributed by atoms with Crippen LogP contribution < -0.4 is 5.32 Å². The fourth-order valence-electron chi connectivity index (χ4n) is 2.78. The molecule has 118 valence electrons. The van der Waals surface area contributed by atoms with E-state index in [9.17, 15) is 4.79 Å². The molecule has 1 atom stereocenters. The van der Waals surface area contributed by atoms with Gasteiger partial charge in [-0.05, 0) is 26.7 Å². The zero-order chi connectivity index (χ0) is 15.2. The molecule has 0 radical (unpaired) electrons. The molecule has 1 aromatic heterocycles. The molecule has 0 aliphatic heterocycles. The quantitative estimate of drug-likeness (QED) is 0.812. The van der Waals surface area contributed by atoms with Crippen LogP contribution in [0.4, 0.5) is 5.13 Å². The molecule has 1 aliphatic rings. The largest absolute Gasteiger partial charge is 0.363 e. The molecular weight excluding hydrogens is 304 g/mol.